The van der Waals surface area contributed by atoms with Crippen LogP contribution in [0.4, 0.5) is 0 Å². The van der Waals surface area contributed by atoms with Gasteiger partial charge in [-0.2, -0.15) is 0 Å². The lowest BCUT2D eigenvalue weighted by molar-refractivity contribution is 0.368. The van der Waals surface area contributed by atoms with E-state index in [1.165, 1.54) is 18.4 Å². The Bertz CT molecular complexity index is 153. The van der Waals surface area contributed by atoms with E-state index in [0.717, 1.165) is 11.8 Å². The van der Waals surface area contributed by atoms with Crippen LogP contribution in [-0.4, -0.2) is 0 Å². The average molecular weight is 106 g/mol. The highest BCUT2D eigenvalue weighted by Gasteiger charge is 2.34. The molecule has 2 aliphatic carbocycles. The molecule has 1 unspecified atom stereocenters. The molecule has 0 heterocycles. The van der Waals surface area contributed by atoms with Crippen molar-refractivity contribution in [2.24, 2.45) is 11.8 Å². The van der Waals surface area contributed by atoms with Crippen molar-refractivity contribution in [1.82, 2.24) is 0 Å². The Labute approximate surface area is 49.9 Å². The minimum absolute atomic E-state index is 0.856. The maximum atomic E-state index is 3.96. The lowest BCUT2D eigenvalue weighted by atomic mass is 9.72. The molecule has 0 spiro atoms. The van der Waals surface area contributed by atoms with Crippen LogP contribution >= 0.6 is 0 Å². The van der Waals surface area contributed by atoms with Gasteiger partial charge >= 0.3 is 0 Å². The molecule has 0 saturated heterocycles. The number of rotatable bonds is 0. The first-order valence-corrected chi connectivity index (χ1v) is 3.22. The summed E-state index contributed by atoms with van der Waals surface area (Å²) in [5, 5.41) is 0. The molecule has 0 radical (unpaired) electrons. The maximum Gasteiger partial charge on any atom is -0.0105 e. The van der Waals surface area contributed by atoms with Crippen LogP contribution in [0.25, 0.3) is 0 Å². The molecule has 2 atom stereocenters. The van der Waals surface area contributed by atoms with Gasteiger partial charge in [-0.15, -0.1) is 0 Å². The summed E-state index contributed by atoms with van der Waals surface area (Å²) in [6, 6.07) is 0. The van der Waals surface area contributed by atoms with Gasteiger partial charge in [-0.1, -0.05) is 24.3 Å². The van der Waals surface area contributed by atoms with Gasteiger partial charge in [0.25, 0.3) is 0 Å². The van der Waals surface area contributed by atoms with E-state index >= 15 is 0 Å². The molecule has 8 heavy (non-hydrogen) atoms. The highest BCUT2D eigenvalue weighted by molar-refractivity contribution is 5.24. The van der Waals surface area contributed by atoms with Gasteiger partial charge in [0.1, 0.15) is 0 Å². The highest BCUT2D eigenvalue weighted by atomic mass is 14.4. The molecule has 42 valence electrons. The second kappa shape index (κ2) is 1.25. The minimum atomic E-state index is 0.856. The number of allylic oxidation sites excluding steroid dienone is 3. The zero-order valence-electron chi connectivity index (χ0n) is 4.93. The van der Waals surface area contributed by atoms with Crippen molar-refractivity contribution in [3.63, 3.8) is 0 Å². The predicted molar refractivity (Wildman–Crippen MR) is 34.5 cm³/mol. The average Bonchev–Trinajstić information content (AvgIpc) is 2.09. The molecule has 1 saturated carbocycles. The van der Waals surface area contributed by atoms with Crippen molar-refractivity contribution in [2.75, 3.05) is 0 Å². The number of fused-ring (bicyclic) bond motifs is 1. The van der Waals surface area contributed by atoms with Crippen molar-refractivity contribution in [3.8, 4) is 0 Å². The van der Waals surface area contributed by atoms with Gasteiger partial charge in [0.2, 0.25) is 0 Å². The lowest BCUT2D eigenvalue weighted by Crippen LogP contribution is -2.22. The second-order valence-corrected chi connectivity index (χ2v) is 2.80. The Hall–Kier alpha value is -0.520. The van der Waals surface area contributed by atoms with Crippen molar-refractivity contribution in [3.05, 3.63) is 24.3 Å². The van der Waals surface area contributed by atoms with Crippen LogP contribution in [0.3, 0.4) is 0 Å². The molecule has 0 aliphatic heterocycles. The van der Waals surface area contributed by atoms with E-state index in [9.17, 15) is 0 Å². The Kier molecular flexibility index (Phi) is 0.682. The summed E-state index contributed by atoms with van der Waals surface area (Å²) in [5.41, 5.74) is 1.47. The summed E-state index contributed by atoms with van der Waals surface area (Å²) in [6.07, 6.45) is 7.15. The molecule has 0 heteroatoms. The fourth-order valence-corrected chi connectivity index (χ4v) is 1.68. The Morgan fingerprint density at radius 2 is 2.50 bits per heavy atom. The van der Waals surface area contributed by atoms with E-state index in [1.807, 2.05) is 0 Å². The fourth-order valence-electron chi connectivity index (χ4n) is 1.68. The maximum absolute atomic E-state index is 3.96. The standard InChI is InChI=1S/C8H10/c1-6-5-7-3-2-4-8(6)7/h2-3,7-8H,1,4-5H2/t7?,8-/m0/s1. The van der Waals surface area contributed by atoms with E-state index in [2.05, 4.69) is 18.7 Å². The molecule has 0 N–H and O–H groups in total. The van der Waals surface area contributed by atoms with Gasteiger partial charge in [0, 0.05) is 0 Å². The van der Waals surface area contributed by atoms with Crippen molar-refractivity contribution in [1.29, 1.82) is 0 Å². The highest BCUT2D eigenvalue weighted by Crippen LogP contribution is 2.45. The van der Waals surface area contributed by atoms with E-state index in [0.29, 0.717) is 0 Å². The Morgan fingerprint density at radius 3 is 3.00 bits per heavy atom. The summed E-state index contributed by atoms with van der Waals surface area (Å²) in [6.45, 7) is 3.96. The van der Waals surface area contributed by atoms with Gasteiger partial charge in [-0.25, -0.2) is 0 Å². The molecule has 0 aromatic heterocycles. The van der Waals surface area contributed by atoms with Crippen LogP contribution in [0.5, 0.6) is 0 Å². The zero-order valence-corrected chi connectivity index (χ0v) is 4.93. The topological polar surface area (TPSA) is 0 Å². The van der Waals surface area contributed by atoms with Crippen molar-refractivity contribution >= 4 is 0 Å². The summed E-state index contributed by atoms with van der Waals surface area (Å²) in [4.78, 5) is 0. The summed E-state index contributed by atoms with van der Waals surface area (Å²) < 4.78 is 0. The predicted octanol–water partition coefficient (Wildman–Crippen LogP) is 2.14. The first kappa shape index (κ1) is 4.37. The van der Waals surface area contributed by atoms with E-state index in [4.69, 9.17) is 0 Å². The fraction of sp³-hybridized carbons (Fsp3) is 0.500. The third kappa shape index (κ3) is 0.360. The summed E-state index contributed by atoms with van der Waals surface area (Å²) in [7, 11) is 0. The third-order valence-electron chi connectivity index (χ3n) is 2.31. The summed E-state index contributed by atoms with van der Waals surface area (Å²) >= 11 is 0. The first-order valence-electron chi connectivity index (χ1n) is 3.22. The Balaban J connectivity index is 2.19. The summed E-state index contributed by atoms with van der Waals surface area (Å²) in [5.74, 6) is 1.75. The van der Waals surface area contributed by atoms with Crippen LogP contribution in [0, 0.1) is 11.8 Å². The molecule has 1 fully saturated rings. The number of hydrogen-bond acceptors (Lipinski definition) is 0. The van der Waals surface area contributed by atoms with Crippen molar-refractivity contribution in [2.45, 2.75) is 12.8 Å². The van der Waals surface area contributed by atoms with Crippen LogP contribution < -0.4 is 0 Å². The quantitative estimate of drug-likeness (QED) is 0.415. The Morgan fingerprint density at radius 1 is 1.62 bits per heavy atom. The molecule has 0 amide bonds. The van der Waals surface area contributed by atoms with Gasteiger partial charge in [-0.05, 0) is 24.7 Å². The molecular weight excluding hydrogens is 96.1 g/mol. The molecule has 0 aromatic rings. The van der Waals surface area contributed by atoms with Crippen molar-refractivity contribution < 1.29 is 0 Å². The molecule has 2 aliphatic rings. The normalized spacial score (nSPS) is 41.8. The smallest absolute Gasteiger partial charge is 0.0105 e. The van der Waals surface area contributed by atoms with Crippen LogP contribution in [0.1, 0.15) is 12.8 Å². The van der Waals surface area contributed by atoms with Crippen LogP contribution in [0.15, 0.2) is 24.3 Å². The van der Waals surface area contributed by atoms with Gasteiger partial charge < -0.3 is 0 Å². The molecule has 0 aromatic carbocycles. The molecular formula is C8H10. The van der Waals surface area contributed by atoms with E-state index in [1.54, 1.807) is 0 Å². The van der Waals surface area contributed by atoms with Gasteiger partial charge in [-0.3, -0.25) is 0 Å². The zero-order chi connectivity index (χ0) is 5.56. The minimum Gasteiger partial charge on any atom is -0.0995 e. The molecule has 0 nitrogen and oxygen atoms in total. The van der Waals surface area contributed by atoms with E-state index < -0.39 is 0 Å². The largest absolute Gasteiger partial charge is 0.0995 e. The van der Waals surface area contributed by atoms with Gasteiger partial charge in [0.05, 0.1) is 0 Å². The molecule has 0 bridgehead atoms. The van der Waals surface area contributed by atoms with Gasteiger partial charge in [0.15, 0.2) is 0 Å². The monoisotopic (exact) mass is 106 g/mol. The number of hydrogen-bond donors (Lipinski definition) is 0. The van der Waals surface area contributed by atoms with Crippen LogP contribution in [0.2, 0.25) is 0 Å². The third-order valence-corrected chi connectivity index (χ3v) is 2.31. The van der Waals surface area contributed by atoms with Crippen LogP contribution in [-0.2, 0) is 0 Å². The second-order valence-electron chi connectivity index (χ2n) is 2.80. The SMILES string of the molecule is C=C1CC2C=CC[C@@H]12. The molecule has 2 rings (SSSR count). The first-order chi connectivity index (χ1) is 3.88. The lowest BCUT2D eigenvalue weighted by Gasteiger charge is -2.32. The van der Waals surface area contributed by atoms with E-state index in [-0.39, 0.29) is 0 Å².